The first kappa shape index (κ1) is 40.3. The molecule has 0 saturated heterocycles. The molecule has 0 saturated carbocycles. The van der Waals surface area contributed by atoms with Gasteiger partial charge in [-0.1, -0.05) is 218 Å². The predicted octanol–water partition coefficient (Wildman–Crippen LogP) is 19.3. The number of hydrogen-bond donors (Lipinski definition) is 0. The fourth-order valence-electron chi connectivity index (χ4n) is 10.7. The Balaban J connectivity index is 1.11. The highest BCUT2D eigenvalue weighted by Gasteiger charge is 2.23. The first-order chi connectivity index (χ1) is 34.2. The molecule has 13 aromatic carbocycles. The first-order valence-corrected chi connectivity index (χ1v) is 23.8. The van der Waals surface area contributed by atoms with E-state index in [0.29, 0.717) is 0 Å². The Kier molecular flexibility index (Phi) is 9.91. The molecule has 1 nitrogen and oxygen atoms in total. The summed E-state index contributed by atoms with van der Waals surface area (Å²) in [5, 5.41) is 12.3. The molecule has 13 rings (SSSR count). The van der Waals surface area contributed by atoms with E-state index in [1.807, 2.05) is 0 Å². The average Bonchev–Trinajstić information content (AvgIpc) is 3.43. The van der Waals surface area contributed by atoms with Gasteiger partial charge in [0.1, 0.15) is 0 Å². The zero-order valence-corrected chi connectivity index (χ0v) is 37.9. The second-order valence-corrected chi connectivity index (χ2v) is 18.0. The summed E-state index contributed by atoms with van der Waals surface area (Å²) in [4.78, 5) is 2.40. The van der Waals surface area contributed by atoms with Gasteiger partial charge in [0, 0.05) is 17.1 Å². The molecule has 0 radical (unpaired) electrons. The van der Waals surface area contributed by atoms with Gasteiger partial charge >= 0.3 is 0 Å². The molecule has 0 N–H and O–H groups in total. The van der Waals surface area contributed by atoms with E-state index < -0.39 is 0 Å². The molecular weight excluding hydrogens is 831 g/mol. The maximum Gasteiger partial charge on any atom is 0.0468 e. The van der Waals surface area contributed by atoms with Gasteiger partial charge in [-0.15, -0.1) is 0 Å². The lowest BCUT2D eigenvalue weighted by atomic mass is 9.80. The second kappa shape index (κ2) is 17.0. The van der Waals surface area contributed by atoms with E-state index in [1.165, 1.54) is 104 Å². The SMILES string of the molecule is c1ccc(-c2ccc3c(c2)c2cc(-c4ccccc4)ccc2c2c(-c4ccc(N(c5ccc6ccccc6c5)c5ccc6ccccc6c5)cc4)c(-c4ccccc4)cc(-c4ccccc4)c32)cc1. The van der Waals surface area contributed by atoms with Crippen molar-refractivity contribution < 1.29 is 0 Å². The van der Waals surface area contributed by atoms with Gasteiger partial charge in [0.05, 0.1) is 0 Å². The van der Waals surface area contributed by atoms with Gasteiger partial charge in [0.25, 0.3) is 0 Å². The normalized spacial score (nSPS) is 11.5. The molecule has 0 aliphatic heterocycles. The third-order valence-electron chi connectivity index (χ3n) is 14.0. The van der Waals surface area contributed by atoms with Gasteiger partial charge in [0.15, 0.2) is 0 Å². The molecule has 322 valence electrons. The van der Waals surface area contributed by atoms with Crippen molar-refractivity contribution in [1.29, 1.82) is 0 Å². The van der Waals surface area contributed by atoms with E-state index in [2.05, 4.69) is 278 Å². The zero-order chi connectivity index (χ0) is 45.7. The zero-order valence-electron chi connectivity index (χ0n) is 37.9. The smallest absolute Gasteiger partial charge is 0.0468 e. The predicted molar refractivity (Wildman–Crippen MR) is 296 cm³/mol. The van der Waals surface area contributed by atoms with Crippen LogP contribution in [0.5, 0.6) is 0 Å². The molecule has 0 bridgehead atoms. The number of benzene rings is 13. The Bertz CT molecular complexity index is 3940. The molecular formula is C68H45N. The fourth-order valence-corrected chi connectivity index (χ4v) is 10.7. The Morgan fingerprint density at radius 1 is 0.203 bits per heavy atom. The number of nitrogens with zero attached hydrogens (tertiary/aromatic N) is 1. The van der Waals surface area contributed by atoms with Crippen LogP contribution in [-0.2, 0) is 0 Å². The van der Waals surface area contributed by atoms with Crippen LogP contribution in [0, 0.1) is 0 Å². The highest BCUT2D eigenvalue weighted by Crippen LogP contribution is 2.50. The van der Waals surface area contributed by atoms with Gasteiger partial charge in [-0.05, 0) is 164 Å². The van der Waals surface area contributed by atoms with Gasteiger partial charge < -0.3 is 4.90 Å². The lowest BCUT2D eigenvalue weighted by Gasteiger charge is -2.27. The van der Waals surface area contributed by atoms with Crippen molar-refractivity contribution >= 4 is 70.9 Å². The van der Waals surface area contributed by atoms with Crippen LogP contribution < -0.4 is 4.90 Å². The van der Waals surface area contributed by atoms with Crippen LogP contribution in [0.3, 0.4) is 0 Å². The number of rotatable bonds is 8. The van der Waals surface area contributed by atoms with Gasteiger partial charge in [-0.3, -0.25) is 0 Å². The summed E-state index contributed by atoms with van der Waals surface area (Å²) in [6.07, 6.45) is 0. The van der Waals surface area contributed by atoms with E-state index in [0.717, 1.165) is 22.6 Å². The molecule has 0 atom stereocenters. The van der Waals surface area contributed by atoms with Crippen molar-refractivity contribution in [3.8, 4) is 55.6 Å². The molecule has 1 heteroatoms. The molecule has 0 fully saturated rings. The maximum atomic E-state index is 2.46. The molecule has 69 heavy (non-hydrogen) atoms. The minimum atomic E-state index is 1.09. The first-order valence-electron chi connectivity index (χ1n) is 23.8. The number of hydrogen-bond acceptors (Lipinski definition) is 1. The standard InChI is InChI=1S/C68H45N/c1-5-17-46(18-6-1)55-33-39-60-64(43-55)65-44-56(47-19-7-2-8-20-47)34-40-61(65)68-66(62(50-23-9-3-10-24-50)45-63(67(60)68)51-25-11-4-12-26-51)52-31-35-57(36-32-52)69(58-37-29-48-21-13-15-27-53(48)41-58)59-38-30-49-22-14-16-28-54(49)42-59/h1-45H. The largest absolute Gasteiger partial charge is 0.310 e. The van der Waals surface area contributed by atoms with Gasteiger partial charge in [-0.25, -0.2) is 0 Å². The van der Waals surface area contributed by atoms with E-state index in [1.54, 1.807) is 0 Å². The topological polar surface area (TPSA) is 3.24 Å². The van der Waals surface area contributed by atoms with E-state index in [4.69, 9.17) is 0 Å². The van der Waals surface area contributed by atoms with Crippen molar-refractivity contribution in [1.82, 2.24) is 0 Å². The summed E-state index contributed by atoms with van der Waals surface area (Å²) in [6.45, 7) is 0. The summed E-state index contributed by atoms with van der Waals surface area (Å²) in [7, 11) is 0. The second-order valence-electron chi connectivity index (χ2n) is 18.0. The Hall–Kier alpha value is -9.04. The highest BCUT2D eigenvalue weighted by atomic mass is 15.1. The maximum absolute atomic E-state index is 2.46. The minimum Gasteiger partial charge on any atom is -0.310 e. The minimum absolute atomic E-state index is 1.09. The van der Waals surface area contributed by atoms with Crippen LogP contribution in [0.1, 0.15) is 0 Å². The molecule has 0 amide bonds. The molecule has 13 aromatic rings. The Morgan fingerprint density at radius 3 is 1.09 bits per heavy atom. The van der Waals surface area contributed by atoms with Crippen LogP contribution in [-0.4, -0.2) is 0 Å². The monoisotopic (exact) mass is 875 g/mol. The van der Waals surface area contributed by atoms with Gasteiger partial charge in [0.2, 0.25) is 0 Å². The van der Waals surface area contributed by atoms with E-state index in [-0.39, 0.29) is 0 Å². The van der Waals surface area contributed by atoms with Crippen molar-refractivity contribution in [2.75, 3.05) is 4.90 Å². The lowest BCUT2D eigenvalue weighted by molar-refractivity contribution is 1.29. The van der Waals surface area contributed by atoms with E-state index >= 15 is 0 Å². The highest BCUT2D eigenvalue weighted by molar-refractivity contribution is 6.33. The summed E-state index contributed by atoms with van der Waals surface area (Å²) in [5.74, 6) is 0. The summed E-state index contributed by atoms with van der Waals surface area (Å²) in [6, 6.07) is 100. The quantitative estimate of drug-likeness (QED) is 0.138. The van der Waals surface area contributed by atoms with Crippen molar-refractivity contribution in [3.63, 3.8) is 0 Å². The van der Waals surface area contributed by atoms with Crippen LogP contribution in [0.25, 0.3) is 109 Å². The van der Waals surface area contributed by atoms with Gasteiger partial charge in [-0.2, -0.15) is 0 Å². The molecule has 0 aromatic heterocycles. The number of anilines is 3. The third kappa shape index (κ3) is 7.20. The van der Waals surface area contributed by atoms with Crippen molar-refractivity contribution in [3.05, 3.63) is 273 Å². The van der Waals surface area contributed by atoms with Crippen LogP contribution in [0.4, 0.5) is 17.1 Å². The number of fused-ring (bicyclic) bond motifs is 8. The van der Waals surface area contributed by atoms with Crippen molar-refractivity contribution in [2.45, 2.75) is 0 Å². The Labute approximate surface area is 402 Å². The third-order valence-corrected chi connectivity index (χ3v) is 14.0. The molecule has 0 heterocycles. The summed E-state index contributed by atoms with van der Waals surface area (Å²) >= 11 is 0. The molecule has 0 unspecified atom stereocenters. The van der Waals surface area contributed by atoms with Crippen molar-refractivity contribution in [2.24, 2.45) is 0 Å². The summed E-state index contributed by atoms with van der Waals surface area (Å²) < 4.78 is 0. The molecule has 0 aliphatic rings. The fraction of sp³-hybridized carbons (Fsp3) is 0. The van der Waals surface area contributed by atoms with Crippen LogP contribution in [0.15, 0.2) is 273 Å². The van der Waals surface area contributed by atoms with Crippen LogP contribution >= 0.6 is 0 Å². The lowest BCUT2D eigenvalue weighted by Crippen LogP contribution is -2.10. The summed E-state index contributed by atoms with van der Waals surface area (Å²) in [5.41, 5.74) is 15.3. The van der Waals surface area contributed by atoms with E-state index in [9.17, 15) is 0 Å². The average molecular weight is 876 g/mol. The Morgan fingerprint density at radius 2 is 0.594 bits per heavy atom. The molecule has 0 aliphatic carbocycles. The molecule has 0 spiro atoms. The van der Waals surface area contributed by atoms with Crippen LogP contribution in [0.2, 0.25) is 0 Å².